The summed E-state index contributed by atoms with van der Waals surface area (Å²) >= 11 is 0. The Morgan fingerprint density at radius 1 is 1.14 bits per heavy atom. The number of rotatable bonds is 7. The normalized spacial score (nSPS) is 16.5. The quantitative estimate of drug-likeness (QED) is 0.836. The molecule has 0 unspecified atom stereocenters. The Bertz CT molecular complexity index is 375. The Balaban J connectivity index is 0.00000220. The van der Waals surface area contributed by atoms with Crippen LogP contribution >= 0.6 is 12.4 Å². The van der Waals surface area contributed by atoms with E-state index in [-0.39, 0.29) is 12.4 Å². The topological polar surface area (TPSA) is 24.5 Å². The van der Waals surface area contributed by atoms with E-state index >= 15 is 0 Å². The van der Waals surface area contributed by atoms with Gasteiger partial charge in [-0.1, -0.05) is 19.1 Å². The fourth-order valence-electron chi connectivity index (χ4n) is 2.81. The molecule has 4 heteroatoms. The van der Waals surface area contributed by atoms with E-state index in [1.165, 1.54) is 38.0 Å². The summed E-state index contributed by atoms with van der Waals surface area (Å²) < 4.78 is 5.48. The van der Waals surface area contributed by atoms with E-state index in [0.29, 0.717) is 0 Å². The zero-order chi connectivity index (χ0) is 14.2. The van der Waals surface area contributed by atoms with Gasteiger partial charge in [-0.25, -0.2) is 0 Å². The Morgan fingerprint density at radius 3 is 2.38 bits per heavy atom. The molecule has 1 fully saturated rings. The second-order valence-electron chi connectivity index (χ2n) is 5.60. The molecule has 0 radical (unpaired) electrons. The standard InChI is InChI=1S/C17H28N2O.ClH/c1-3-18-13-15-9-11-19(12-10-15)14-16-5-7-17(8-6-16)20-4-2;/h5-8,15,18H,3-4,9-14H2,1-2H3;1H. The van der Waals surface area contributed by atoms with E-state index < -0.39 is 0 Å². The van der Waals surface area contributed by atoms with E-state index in [9.17, 15) is 0 Å². The summed E-state index contributed by atoms with van der Waals surface area (Å²) in [6.45, 7) is 10.7. The highest BCUT2D eigenvalue weighted by atomic mass is 35.5. The first kappa shape index (κ1) is 18.3. The average Bonchev–Trinajstić information content (AvgIpc) is 2.49. The second-order valence-corrected chi connectivity index (χ2v) is 5.60. The lowest BCUT2D eigenvalue weighted by Crippen LogP contribution is -2.36. The van der Waals surface area contributed by atoms with Crippen LogP contribution in [0.25, 0.3) is 0 Å². The van der Waals surface area contributed by atoms with Crippen LogP contribution in [0.1, 0.15) is 32.3 Å². The van der Waals surface area contributed by atoms with Gasteiger partial charge < -0.3 is 10.1 Å². The summed E-state index contributed by atoms with van der Waals surface area (Å²) in [4.78, 5) is 2.57. The zero-order valence-corrected chi connectivity index (χ0v) is 14.1. The molecule has 120 valence electrons. The number of hydrogen-bond acceptors (Lipinski definition) is 3. The van der Waals surface area contributed by atoms with Gasteiger partial charge in [0, 0.05) is 6.54 Å². The molecule has 1 aromatic rings. The Hall–Kier alpha value is -0.770. The second kappa shape index (κ2) is 10.0. The monoisotopic (exact) mass is 312 g/mol. The Labute approximate surface area is 135 Å². The number of hydrogen-bond donors (Lipinski definition) is 1. The smallest absolute Gasteiger partial charge is 0.119 e. The molecular weight excluding hydrogens is 284 g/mol. The highest BCUT2D eigenvalue weighted by Crippen LogP contribution is 2.19. The molecule has 1 aromatic carbocycles. The van der Waals surface area contributed by atoms with Gasteiger partial charge in [0.05, 0.1) is 6.61 Å². The molecule has 0 amide bonds. The predicted octanol–water partition coefficient (Wildman–Crippen LogP) is 3.33. The average molecular weight is 313 g/mol. The van der Waals surface area contributed by atoms with Crippen LogP contribution in [0.2, 0.25) is 0 Å². The predicted molar refractivity (Wildman–Crippen MR) is 91.4 cm³/mol. The highest BCUT2D eigenvalue weighted by molar-refractivity contribution is 5.85. The Morgan fingerprint density at radius 2 is 1.81 bits per heavy atom. The molecule has 1 N–H and O–H groups in total. The maximum atomic E-state index is 5.48. The third-order valence-electron chi connectivity index (χ3n) is 4.03. The van der Waals surface area contributed by atoms with Gasteiger partial charge in [-0.05, 0) is 69.6 Å². The number of ether oxygens (including phenoxy) is 1. The fraction of sp³-hybridized carbons (Fsp3) is 0.647. The first-order chi connectivity index (χ1) is 9.81. The van der Waals surface area contributed by atoms with Crippen molar-refractivity contribution in [3.63, 3.8) is 0 Å². The molecule has 0 saturated carbocycles. The molecule has 0 atom stereocenters. The van der Waals surface area contributed by atoms with Crippen LogP contribution in [0.5, 0.6) is 5.75 Å². The summed E-state index contributed by atoms with van der Waals surface area (Å²) in [5.41, 5.74) is 1.39. The maximum Gasteiger partial charge on any atom is 0.119 e. The molecule has 21 heavy (non-hydrogen) atoms. The molecule has 0 bridgehead atoms. The van der Waals surface area contributed by atoms with E-state index in [1.807, 2.05) is 6.92 Å². The van der Waals surface area contributed by atoms with Crippen molar-refractivity contribution in [2.45, 2.75) is 33.2 Å². The largest absolute Gasteiger partial charge is 0.494 e. The molecule has 1 saturated heterocycles. The number of benzene rings is 1. The minimum absolute atomic E-state index is 0. The Kier molecular flexibility index (Phi) is 8.74. The summed E-state index contributed by atoms with van der Waals surface area (Å²) in [6, 6.07) is 8.54. The molecule has 0 aromatic heterocycles. The van der Waals surface area contributed by atoms with Crippen LogP contribution in [-0.4, -0.2) is 37.7 Å². The number of halogens is 1. The summed E-state index contributed by atoms with van der Waals surface area (Å²) in [5.74, 6) is 1.84. The van der Waals surface area contributed by atoms with Crippen LogP contribution in [-0.2, 0) is 6.54 Å². The minimum atomic E-state index is 0. The highest BCUT2D eigenvalue weighted by Gasteiger charge is 2.18. The third kappa shape index (κ3) is 6.25. The molecule has 1 heterocycles. The van der Waals surface area contributed by atoms with E-state index in [0.717, 1.165) is 31.4 Å². The fourth-order valence-corrected chi connectivity index (χ4v) is 2.81. The van der Waals surface area contributed by atoms with Gasteiger partial charge in [0.1, 0.15) is 5.75 Å². The van der Waals surface area contributed by atoms with Crippen molar-refractivity contribution >= 4 is 12.4 Å². The first-order valence-electron chi connectivity index (χ1n) is 7.96. The van der Waals surface area contributed by atoms with Crippen LogP contribution in [0.15, 0.2) is 24.3 Å². The van der Waals surface area contributed by atoms with Gasteiger partial charge in [-0.2, -0.15) is 0 Å². The van der Waals surface area contributed by atoms with Gasteiger partial charge in [-0.15, -0.1) is 12.4 Å². The lowest BCUT2D eigenvalue weighted by Gasteiger charge is -2.32. The number of piperidine rings is 1. The molecule has 3 nitrogen and oxygen atoms in total. The summed E-state index contributed by atoms with van der Waals surface area (Å²) in [7, 11) is 0. The van der Waals surface area contributed by atoms with Crippen molar-refractivity contribution in [3.05, 3.63) is 29.8 Å². The molecule has 1 aliphatic heterocycles. The van der Waals surface area contributed by atoms with Crippen LogP contribution in [0, 0.1) is 5.92 Å². The lowest BCUT2D eigenvalue weighted by molar-refractivity contribution is 0.176. The van der Waals surface area contributed by atoms with Gasteiger partial charge in [0.15, 0.2) is 0 Å². The van der Waals surface area contributed by atoms with Gasteiger partial charge in [0.25, 0.3) is 0 Å². The maximum absolute atomic E-state index is 5.48. The van der Waals surface area contributed by atoms with E-state index in [4.69, 9.17) is 4.74 Å². The number of likely N-dealkylation sites (tertiary alicyclic amines) is 1. The van der Waals surface area contributed by atoms with Crippen molar-refractivity contribution in [1.29, 1.82) is 0 Å². The van der Waals surface area contributed by atoms with Gasteiger partial charge >= 0.3 is 0 Å². The minimum Gasteiger partial charge on any atom is -0.494 e. The zero-order valence-electron chi connectivity index (χ0n) is 13.3. The molecule has 0 aliphatic carbocycles. The molecule has 2 rings (SSSR count). The van der Waals surface area contributed by atoms with Crippen molar-refractivity contribution < 1.29 is 4.74 Å². The van der Waals surface area contributed by atoms with Gasteiger partial charge in [0.2, 0.25) is 0 Å². The first-order valence-corrected chi connectivity index (χ1v) is 7.96. The molecule has 0 spiro atoms. The lowest BCUT2D eigenvalue weighted by atomic mass is 9.96. The van der Waals surface area contributed by atoms with Gasteiger partial charge in [-0.3, -0.25) is 4.90 Å². The number of nitrogens with zero attached hydrogens (tertiary/aromatic N) is 1. The van der Waals surface area contributed by atoms with Crippen molar-refractivity contribution in [2.75, 3.05) is 32.8 Å². The SMILES string of the molecule is CCNCC1CCN(Cc2ccc(OCC)cc2)CC1.Cl. The third-order valence-corrected chi connectivity index (χ3v) is 4.03. The van der Waals surface area contributed by atoms with Crippen molar-refractivity contribution in [3.8, 4) is 5.75 Å². The summed E-state index contributed by atoms with van der Waals surface area (Å²) in [5, 5.41) is 3.47. The van der Waals surface area contributed by atoms with Crippen LogP contribution < -0.4 is 10.1 Å². The van der Waals surface area contributed by atoms with Crippen LogP contribution in [0.4, 0.5) is 0 Å². The van der Waals surface area contributed by atoms with E-state index in [2.05, 4.69) is 41.4 Å². The van der Waals surface area contributed by atoms with Crippen LogP contribution in [0.3, 0.4) is 0 Å². The van der Waals surface area contributed by atoms with Crippen molar-refractivity contribution in [2.24, 2.45) is 5.92 Å². The number of nitrogens with one attached hydrogen (secondary N) is 1. The molecule has 1 aliphatic rings. The summed E-state index contributed by atoms with van der Waals surface area (Å²) in [6.07, 6.45) is 2.65. The van der Waals surface area contributed by atoms with E-state index in [1.54, 1.807) is 0 Å². The molecular formula is C17H29ClN2O. The van der Waals surface area contributed by atoms with Crippen molar-refractivity contribution in [1.82, 2.24) is 10.2 Å².